The van der Waals surface area contributed by atoms with Gasteiger partial charge >= 0.3 is 0 Å². The van der Waals surface area contributed by atoms with Crippen LogP contribution in [0, 0.1) is 0 Å². The molecule has 4 rings (SSSR count). The van der Waals surface area contributed by atoms with Gasteiger partial charge in [-0.2, -0.15) is 0 Å². The van der Waals surface area contributed by atoms with E-state index in [1.807, 2.05) is 60.7 Å². The van der Waals surface area contributed by atoms with E-state index in [1.54, 1.807) is 0 Å². The summed E-state index contributed by atoms with van der Waals surface area (Å²) < 4.78 is 0. The summed E-state index contributed by atoms with van der Waals surface area (Å²) in [5, 5.41) is 5.72. The monoisotopic (exact) mass is 334 g/mol. The number of thiol groups is 1. The molecule has 0 aliphatic carbocycles. The smallest absolute Gasteiger partial charge is 0.275 e. The van der Waals surface area contributed by atoms with E-state index in [0.29, 0.717) is 11.5 Å². The summed E-state index contributed by atoms with van der Waals surface area (Å²) >= 11 is 4.25. The van der Waals surface area contributed by atoms with Crippen LogP contribution in [-0.2, 0) is 0 Å². The Labute approximate surface area is 144 Å². The van der Waals surface area contributed by atoms with Crippen LogP contribution in [0.15, 0.2) is 60.7 Å². The number of carbonyl (C=O) groups is 1. The second kappa shape index (κ2) is 5.98. The van der Waals surface area contributed by atoms with Crippen molar-refractivity contribution in [2.24, 2.45) is 0 Å². The van der Waals surface area contributed by atoms with E-state index in [9.17, 15) is 4.79 Å². The van der Waals surface area contributed by atoms with Gasteiger partial charge in [-0.1, -0.05) is 60.7 Å². The first-order valence-electron chi connectivity index (χ1n) is 7.51. The molecule has 0 fully saturated rings. The Kier molecular flexibility index (Phi) is 3.66. The summed E-state index contributed by atoms with van der Waals surface area (Å²) in [6, 6.07) is 19.5. The second-order valence-corrected chi connectivity index (χ2v) is 5.89. The van der Waals surface area contributed by atoms with Gasteiger partial charge in [-0.15, -0.1) is 12.6 Å². The first-order valence-corrected chi connectivity index (χ1v) is 8.02. The quantitative estimate of drug-likeness (QED) is 0.630. The zero-order chi connectivity index (χ0) is 16.5. The number of hydrogen-bond donors (Lipinski definition) is 3. The Morgan fingerprint density at radius 2 is 1.29 bits per heavy atom. The first-order chi connectivity index (χ1) is 11.7. The molecule has 6 heteroatoms. The van der Waals surface area contributed by atoms with Gasteiger partial charge in [0.25, 0.3) is 5.91 Å². The lowest BCUT2D eigenvalue weighted by atomic mass is 10.0. The largest absolute Gasteiger partial charge is 0.340 e. The number of rotatable bonds is 2. The van der Waals surface area contributed by atoms with Crippen LogP contribution in [0.25, 0.3) is 22.5 Å². The fourth-order valence-electron chi connectivity index (χ4n) is 2.65. The molecule has 0 saturated heterocycles. The molecule has 0 spiro atoms. The van der Waals surface area contributed by atoms with E-state index >= 15 is 0 Å². The van der Waals surface area contributed by atoms with E-state index < -0.39 is 5.50 Å². The van der Waals surface area contributed by atoms with Crippen molar-refractivity contribution >= 4 is 24.4 Å². The molecule has 2 aromatic carbocycles. The van der Waals surface area contributed by atoms with Crippen LogP contribution in [0.1, 0.15) is 10.5 Å². The Bertz CT molecular complexity index is 900. The maximum atomic E-state index is 12.2. The van der Waals surface area contributed by atoms with Gasteiger partial charge in [0.2, 0.25) is 0 Å². The number of nitrogens with one attached hydrogen (secondary N) is 2. The molecule has 2 N–H and O–H groups in total. The molecule has 1 amide bonds. The molecule has 1 aliphatic rings. The van der Waals surface area contributed by atoms with E-state index in [2.05, 4.69) is 33.2 Å². The topological polar surface area (TPSA) is 66.9 Å². The van der Waals surface area contributed by atoms with Crippen molar-refractivity contribution < 1.29 is 4.79 Å². The van der Waals surface area contributed by atoms with Gasteiger partial charge in [-0.25, -0.2) is 9.97 Å². The number of carbonyl (C=O) groups excluding carboxylic acids is 1. The molecular formula is C18H14N4OS. The summed E-state index contributed by atoms with van der Waals surface area (Å²) in [6.07, 6.45) is 0. The predicted molar refractivity (Wildman–Crippen MR) is 96.8 cm³/mol. The highest BCUT2D eigenvalue weighted by Gasteiger charge is 2.27. The Hall–Kier alpha value is -2.86. The lowest BCUT2D eigenvalue weighted by Crippen LogP contribution is -2.42. The number of fused-ring (bicyclic) bond motifs is 1. The second-order valence-electron chi connectivity index (χ2n) is 5.37. The SMILES string of the molecule is O=C1NC(S)Nc2nc(-c3ccccc3)c(-c3ccccc3)nc21. The van der Waals surface area contributed by atoms with Crippen molar-refractivity contribution in [3.8, 4) is 22.5 Å². The Balaban J connectivity index is 1.97. The highest BCUT2D eigenvalue weighted by atomic mass is 32.1. The van der Waals surface area contributed by atoms with Gasteiger partial charge in [0, 0.05) is 11.1 Å². The molecule has 1 unspecified atom stereocenters. The van der Waals surface area contributed by atoms with Crippen LogP contribution in [0.3, 0.4) is 0 Å². The van der Waals surface area contributed by atoms with E-state index in [4.69, 9.17) is 0 Å². The summed E-state index contributed by atoms with van der Waals surface area (Å²) in [5.41, 5.74) is 3.05. The number of hydrogen-bond acceptors (Lipinski definition) is 5. The van der Waals surface area contributed by atoms with E-state index in [-0.39, 0.29) is 11.6 Å². The summed E-state index contributed by atoms with van der Waals surface area (Å²) in [4.78, 5) is 21.5. The molecule has 2 heterocycles. The molecule has 24 heavy (non-hydrogen) atoms. The molecule has 118 valence electrons. The lowest BCUT2D eigenvalue weighted by Gasteiger charge is -2.24. The van der Waals surface area contributed by atoms with Crippen LogP contribution in [0.2, 0.25) is 0 Å². The average Bonchev–Trinajstić information content (AvgIpc) is 2.62. The van der Waals surface area contributed by atoms with Gasteiger partial charge in [0.1, 0.15) is 5.50 Å². The predicted octanol–water partition coefficient (Wildman–Crippen LogP) is 3.18. The molecule has 5 nitrogen and oxygen atoms in total. The minimum atomic E-state index is -0.481. The number of anilines is 1. The Morgan fingerprint density at radius 1 is 0.750 bits per heavy atom. The van der Waals surface area contributed by atoms with E-state index in [0.717, 1.165) is 16.8 Å². The van der Waals surface area contributed by atoms with Crippen molar-refractivity contribution in [1.29, 1.82) is 0 Å². The van der Waals surface area contributed by atoms with Gasteiger partial charge < -0.3 is 10.6 Å². The molecule has 0 saturated carbocycles. The van der Waals surface area contributed by atoms with Gasteiger partial charge in [-0.05, 0) is 0 Å². The maximum Gasteiger partial charge on any atom is 0.275 e. The van der Waals surface area contributed by atoms with Crippen LogP contribution < -0.4 is 10.6 Å². The van der Waals surface area contributed by atoms with Crippen LogP contribution in [0.5, 0.6) is 0 Å². The van der Waals surface area contributed by atoms with Crippen molar-refractivity contribution in [2.45, 2.75) is 5.50 Å². The molecule has 1 atom stereocenters. The van der Waals surface area contributed by atoms with E-state index in [1.165, 1.54) is 0 Å². The fraction of sp³-hybridized carbons (Fsp3) is 0.0556. The zero-order valence-corrected chi connectivity index (χ0v) is 13.5. The number of nitrogens with zero attached hydrogens (tertiary/aromatic N) is 2. The number of amides is 1. The van der Waals surface area contributed by atoms with Crippen LogP contribution >= 0.6 is 12.6 Å². The van der Waals surface area contributed by atoms with Gasteiger partial charge in [0.05, 0.1) is 11.4 Å². The minimum Gasteiger partial charge on any atom is -0.340 e. The normalized spacial score (nSPS) is 16.0. The minimum absolute atomic E-state index is 0.277. The summed E-state index contributed by atoms with van der Waals surface area (Å²) in [5.74, 6) is 0.158. The van der Waals surface area contributed by atoms with Crippen molar-refractivity contribution in [3.63, 3.8) is 0 Å². The molecule has 0 radical (unpaired) electrons. The first kappa shape index (κ1) is 14.7. The van der Waals surface area contributed by atoms with Crippen molar-refractivity contribution in [2.75, 3.05) is 5.32 Å². The number of aromatic nitrogens is 2. The van der Waals surface area contributed by atoms with Crippen molar-refractivity contribution in [3.05, 3.63) is 66.4 Å². The maximum absolute atomic E-state index is 12.2. The third-order valence-electron chi connectivity index (χ3n) is 3.75. The lowest BCUT2D eigenvalue weighted by molar-refractivity contribution is 0.0943. The average molecular weight is 334 g/mol. The van der Waals surface area contributed by atoms with Gasteiger partial charge in [0.15, 0.2) is 11.5 Å². The third kappa shape index (κ3) is 2.61. The summed E-state index contributed by atoms with van der Waals surface area (Å²) in [6.45, 7) is 0. The molecule has 1 aliphatic heterocycles. The van der Waals surface area contributed by atoms with Gasteiger partial charge in [-0.3, -0.25) is 4.79 Å². The highest BCUT2D eigenvalue weighted by molar-refractivity contribution is 7.81. The molecular weight excluding hydrogens is 320 g/mol. The number of benzene rings is 2. The van der Waals surface area contributed by atoms with Crippen molar-refractivity contribution in [1.82, 2.24) is 15.3 Å². The molecule has 1 aromatic heterocycles. The fourth-order valence-corrected chi connectivity index (χ4v) is 2.89. The Morgan fingerprint density at radius 3 is 1.88 bits per heavy atom. The van der Waals surface area contributed by atoms with Crippen LogP contribution in [-0.4, -0.2) is 21.4 Å². The molecule has 3 aromatic rings. The standard InChI is InChI=1S/C18H14N4OS/c23-17-15-16(21-18(24)22-17)20-14(12-9-5-2-6-10-12)13(19-15)11-7-3-1-4-8-11/h1-10,18,24H,(H,20,21)(H,22,23). The molecule has 0 bridgehead atoms. The third-order valence-corrected chi connectivity index (χ3v) is 4.00. The highest BCUT2D eigenvalue weighted by Crippen LogP contribution is 2.32. The zero-order valence-electron chi connectivity index (χ0n) is 12.6. The van der Waals surface area contributed by atoms with Crippen LogP contribution in [0.4, 0.5) is 5.82 Å². The summed E-state index contributed by atoms with van der Waals surface area (Å²) in [7, 11) is 0.